The number of amides is 1. The highest BCUT2D eigenvalue weighted by Crippen LogP contribution is 2.31. The molecule has 1 fully saturated rings. The second kappa shape index (κ2) is 6.74. The van der Waals surface area contributed by atoms with Crippen molar-refractivity contribution in [2.24, 2.45) is 0 Å². The Kier molecular flexibility index (Phi) is 4.97. The zero-order valence-electron chi connectivity index (χ0n) is 13.2. The monoisotopic (exact) mass is 306 g/mol. The maximum absolute atomic E-state index is 11.7. The van der Waals surface area contributed by atoms with E-state index in [-0.39, 0.29) is 17.6 Å². The Morgan fingerprint density at radius 2 is 2.23 bits per heavy atom. The molecule has 22 heavy (non-hydrogen) atoms. The molecule has 1 saturated heterocycles. The van der Waals surface area contributed by atoms with Crippen LogP contribution in [-0.4, -0.2) is 56.0 Å². The zero-order chi connectivity index (χ0) is 16.3. The van der Waals surface area contributed by atoms with Gasteiger partial charge in [0, 0.05) is 38.3 Å². The van der Waals surface area contributed by atoms with E-state index in [9.17, 15) is 14.9 Å². The number of likely N-dealkylation sites (N-methyl/N-ethyl adjacent to an activating group) is 2. The van der Waals surface area contributed by atoms with Gasteiger partial charge in [-0.05, 0) is 38.6 Å². The maximum Gasteiger partial charge on any atom is 0.293 e. The highest BCUT2D eigenvalue weighted by atomic mass is 16.6. The molecule has 1 heterocycles. The van der Waals surface area contributed by atoms with Crippen LogP contribution in [0.2, 0.25) is 0 Å². The van der Waals surface area contributed by atoms with E-state index in [2.05, 4.69) is 17.3 Å². The van der Waals surface area contributed by atoms with Gasteiger partial charge in [0.1, 0.15) is 5.69 Å². The molecule has 1 aliphatic rings. The Morgan fingerprint density at radius 3 is 2.82 bits per heavy atom. The van der Waals surface area contributed by atoms with Crippen LogP contribution in [0.1, 0.15) is 23.2 Å². The van der Waals surface area contributed by atoms with E-state index >= 15 is 0 Å². The summed E-state index contributed by atoms with van der Waals surface area (Å²) in [6.45, 7) is 1.94. The van der Waals surface area contributed by atoms with Crippen molar-refractivity contribution in [3.8, 4) is 0 Å². The Morgan fingerprint density at radius 1 is 1.50 bits per heavy atom. The van der Waals surface area contributed by atoms with Crippen molar-refractivity contribution in [2.45, 2.75) is 18.9 Å². The number of carbonyl (C=O) groups is 1. The van der Waals surface area contributed by atoms with Gasteiger partial charge in [-0.2, -0.15) is 0 Å². The molecule has 7 nitrogen and oxygen atoms in total. The lowest BCUT2D eigenvalue weighted by Gasteiger charge is -2.36. The molecule has 1 aromatic rings. The van der Waals surface area contributed by atoms with Crippen molar-refractivity contribution in [1.29, 1.82) is 0 Å². The van der Waals surface area contributed by atoms with Crippen LogP contribution in [-0.2, 0) is 0 Å². The average molecular weight is 306 g/mol. The first-order valence-electron chi connectivity index (χ1n) is 7.36. The van der Waals surface area contributed by atoms with Gasteiger partial charge in [-0.25, -0.2) is 0 Å². The van der Waals surface area contributed by atoms with E-state index in [1.54, 1.807) is 12.1 Å². The van der Waals surface area contributed by atoms with Crippen molar-refractivity contribution in [2.75, 3.05) is 39.1 Å². The molecule has 120 valence electrons. The topological polar surface area (TPSA) is 78.7 Å². The van der Waals surface area contributed by atoms with Gasteiger partial charge < -0.3 is 15.1 Å². The summed E-state index contributed by atoms with van der Waals surface area (Å²) in [6, 6.07) is 4.88. The summed E-state index contributed by atoms with van der Waals surface area (Å²) >= 11 is 0. The van der Waals surface area contributed by atoms with E-state index in [0.717, 1.165) is 25.9 Å². The maximum atomic E-state index is 11.7. The molecule has 1 aliphatic heterocycles. The van der Waals surface area contributed by atoms with Crippen LogP contribution in [0.3, 0.4) is 0 Å². The summed E-state index contributed by atoms with van der Waals surface area (Å²) in [5.41, 5.74) is 0.821. The van der Waals surface area contributed by atoms with Crippen LogP contribution in [0.5, 0.6) is 0 Å². The van der Waals surface area contributed by atoms with E-state index in [0.29, 0.717) is 11.3 Å². The van der Waals surface area contributed by atoms with Crippen molar-refractivity contribution in [3.63, 3.8) is 0 Å². The van der Waals surface area contributed by atoms with Crippen LogP contribution in [0.4, 0.5) is 11.4 Å². The number of hydrogen-bond donors (Lipinski definition) is 1. The number of nitro groups is 1. The lowest BCUT2D eigenvalue weighted by atomic mass is 10.0. The smallest absolute Gasteiger partial charge is 0.293 e. The first-order chi connectivity index (χ1) is 10.4. The number of carbonyl (C=O) groups excluding carboxylic acids is 1. The number of likely N-dealkylation sites (tertiary alicyclic amines) is 1. The number of hydrogen-bond acceptors (Lipinski definition) is 5. The lowest BCUT2D eigenvalue weighted by molar-refractivity contribution is -0.384. The fraction of sp³-hybridized carbons (Fsp3) is 0.533. The minimum atomic E-state index is -0.426. The van der Waals surface area contributed by atoms with Crippen molar-refractivity contribution >= 4 is 17.3 Å². The van der Waals surface area contributed by atoms with E-state index in [1.165, 1.54) is 13.1 Å². The lowest BCUT2D eigenvalue weighted by Crippen LogP contribution is -2.45. The number of piperidine rings is 1. The Balaban J connectivity index is 2.33. The first-order valence-corrected chi connectivity index (χ1v) is 7.36. The molecule has 1 N–H and O–H groups in total. The summed E-state index contributed by atoms with van der Waals surface area (Å²) in [7, 11) is 5.45. The molecule has 2 rings (SSSR count). The molecule has 7 heteroatoms. The Labute approximate surface area is 130 Å². The molecule has 0 radical (unpaired) electrons. The third kappa shape index (κ3) is 3.36. The van der Waals surface area contributed by atoms with Gasteiger partial charge in [0.05, 0.1) is 4.92 Å². The summed E-state index contributed by atoms with van der Waals surface area (Å²) < 4.78 is 0. The Bertz CT molecular complexity index is 576. The quantitative estimate of drug-likeness (QED) is 0.673. The van der Waals surface area contributed by atoms with Crippen molar-refractivity contribution < 1.29 is 9.72 Å². The van der Waals surface area contributed by atoms with Crippen molar-refractivity contribution in [1.82, 2.24) is 10.2 Å². The van der Waals surface area contributed by atoms with Gasteiger partial charge in [0.25, 0.3) is 11.6 Å². The SMILES string of the molecule is CNC(=O)c1ccc(N(C)[C@H]2CCCN(C)C2)c([N+](=O)[O-])c1. The standard InChI is InChI=1S/C15H22N4O3/c1-16-15(20)11-6-7-13(14(9-11)19(21)22)18(3)12-5-4-8-17(2)10-12/h6-7,9,12H,4-5,8,10H2,1-3H3,(H,16,20)/t12-/m0/s1. The highest BCUT2D eigenvalue weighted by Gasteiger charge is 2.26. The largest absolute Gasteiger partial charge is 0.365 e. The summed E-state index contributed by atoms with van der Waals surface area (Å²) in [5, 5.41) is 13.9. The number of nitro benzene ring substituents is 1. The highest BCUT2D eigenvalue weighted by molar-refractivity contribution is 5.95. The molecule has 0 unspecified atom stereocenters. The summed E-state index contributed by atoms with van der Waals surface area (Å²) in [6.07, 6.45) is 2.09. The summed E-state index contributed by atoms with van der Waals surface area (Å²) in [4.78, 5) is 26.8. The number of anilines is 1. The minimum Gasteiger partial charge on any atom is -0.365 e. The summed E-state index contributed by atoms with van der Waals surface area (Å²) in [5.74, 6) is -0.324. The van der Waals surface area contributed by atoms with Gasteiger partial charge in [-0.1, -0.05) is 0 Å². The van der Waals surface area contributed by atoms with Crippen LogP contribution in [0, 0.1) is 10.1 Å². The molecule has 0 spiro atoms. The third-order valence-electron chi connectivity index (χ3n) is 4.19. The molecule has 1 aromatic carbocycles. The molecule has 1 atom stereocenters. The fourth-order valence-corrected chi connectivity index (χ4v) is 2.91. The van der Waals surface area contributed by atoms with Crippen LogP contribution in [0.25, 0.3) is 0 Å². The van der Waals surface area contributed by atoms with Crippen LogP contribution < -0.4 is 10.2 Å². The number of rotatable bonds is 4. The molecule has 0 aromatic heterocycles. The van der Waals surface area contributed by atoms with Crippen molar-refractivity contribution in [3.05, 3.63) is 33.9 Å². The normalized spacial score (nSPS) is 18.8. The molecule has 0 bridgehead atoms. The Hall–Kier alpha value is -2.15. The molecule has 0 saturated carbocycles. The van der Waals surface area contributed by atoms with E-state index in [4.69, 9.17) is 0 Å². The predicted octanol–water partition coefficient (Wildman–Crippen LogP) is 1.48. The minimum absolute atomic E-state index is 0.0307. The number of nitrogens with one attached hydrogen (secondary N) is 1. The second-order valence-electron chi connectivity index (χ2n) is 5.71. The average Bonchev–Trinajstić information content (AvgIpc) is 2.52. The molecular weight excluding hydrogens is 284 g/mol. The van der Waals surface area contributed by atoms with E-state index in [1.807, 2.05) is 11.9 Å². The fourth-order valence-electron chi connectivity index (χ4n) is 2.91. The van der Waals surface area contributed by atoms with Gasteiger partial charge in [-0.3, -0.25) is 14.9 Å². The van der Waals surface area contributed by atoms with Gasteiger partial charge >= 0.3 is 0 Å². The van der Waals surface area contributed by atoms with E-state index < -0.39 is 4.92 Å². The van der Waals surface area contributed by atoms with Gasteiger partial charge in [-0.15, -0.1) is 0 Å². The first kappa shape index (κ1) is 16.2. The molecule has 0 aliphatic carbocycles. The second-order valence-corrected chi connectivity index (χ2v) is 5.71. The molecular formula is C15H22N4O3. The zero-order valence-corrected chi connectivity index (χ0v) is 13.2. The van der Waals surface area contributed by atoms with Crippen LogP contribution in [0.15, 0.2) is 18.2 Å². The third-order valence-corrected chi connectivity index (χ3v) is 4.19. The van der Waals surface area contributed by atoms with Gasteiger partial charge in [0.2, 0.25) is 0 Å². The van der Waals surface area contributed by atoms with Crippen LogP contribution >= 0.6 is 0 Å². The molecule has 1 amide bonds. The number of benzene rings is 1. The van der Waals surface area contributed by atoms with Gasteiger partial charge in [0.15, 0.2) is 0 Å². The number of nitrogens with zero attached hydrogens (tertiary/aromatic N) is 3. The predicted molar refractivity (Wildman–Crippen MR) is 85.4 cm³/mol.